The van der Waals surface area contributed by atoms with Crippen LogP contribution in [0.2, 0.25) is 0 Å². The van der Waals surface area contributed by atoms with Crippen molar-refractivity contribution in [2.45, 2.75) is 33.4 Å². The fourth-order valence-corrected chi connectivity index (χ4v) is 2.27. The van der Waals surface area contributed by atoms with E-state index in [-0.39, 0.29) is 11.9 Å². The minimum atomic E-state index is -0.0442. The van der Waals surface area contributed by atoms with Gasteiger partial charge in [-0.15, -0.1) is 0 Å². The Morgan fingerprint density at radius 3 is 2.73 bits per heavy atom. The summed E-state index contributed by atoms with van der Waals surface area (Å²) in [6.07, 6.45) is 0. The molecule has 22 heavy (non-hydrogen) atoms. The van der Waals surface area contributed by atoms with E-state index in [2.05, 4.69) is 21.8 Å². The zero-order valence-corrected chi connectivity index (χ0v) is 13.7. The van der Waals surface area contributed by atoms with Gasteiger partial charge in [0.05, 0.1) is 12.2 Å². The molecule has 5 heteroatoms. The van der Waals surface area contributed by atoms with Gasteiger partial charge in [-0.05, 0) is 51.6 Å². The highest BCUT2D eigenvalue weighted by Gasteiger charge is 2.08. The number of hydrogen-bond donors (Lipinski definition) is 2. The summed E-state index contributed by atoms with van der Waals surface area (Å²) in [6, 6.07) is 10.00. The topological polar surface area (TPSA) is 58.9 Å². The molecule has 0 fully saturated rings. The second-order valence-electron chi connectivity index (χ2n) is 5.68. The van der Waals surface area contributed by atoms with Crippen LogP contribution in [-0.4, -0.2) is 35.3 Å². The van der Waals surface area contributed by atoms with E-state index < -0.39 is 0 Å². The number of amides is 1. The Hall–Kier alpha value is -2.14. The third-order valence-corrected chi connectivity index (χ3v) is 3.69. The standard InChI is InChI=1S/C17H24N4O/c1-12-8-14(3)21(20-12)11-15-6-5-7-16(9-15)17(22)19-10-13(2)18-4/h5-9,13,18H,10-11H2,1-4H3,(H,19,22). The number of likely N-dealkylation sites (N-methyl/N-ethyl adjacent to an activating group) is 1. The molecule has 0 spiro atoms. The highest BCUT2D eigenvalue weighted by atomic mass is 16.1. The molecule has 0 aliphatic rings. The van der Waals surface area contributed by atoms with Crippen LogP contribution in [0.15, 0.2) is 30.3 Å². The Balaban J connectivity index is 2.06. The molecule has 0 saturated heterocycles. The molecule has 5 nitrogen and oxygen atoms in total. The molecule has 2 N–H and O–H groups in total. The number of aryl methyl sites for hydroxylation is 2. The van der Waals surface area contributed by atoms with Crippen LogP contribution in [-0.2, 0) is 6.54 Å². The molecule has 0 radical (unpaired) electrons. The minimum Gasteiger partial charge on any atom is -0.350 e. The first-order valence-corrected chi connectivity index (χ1v) is 7.55. The maximum atomic E-state index is 12.2. The lowest BCUT2D eigenvalue weighted by Crippen LogP contribution is -2.37. The molecule has 2 aromatic rings. The smallest absolute Gasteiger partial charge is 0.251 e. The molecule has 1 amide bonds. The molecular formula is C17H24N4O. The summed E-state index contributed by atoms with van der Waals surface area (Å²) in [7, 11) is 1.88. The van der Waals surface area contributed by atoms with Crippen LogP contribution in [0.5, 0.6) is 0 Å². The van der Waals surface area contributed by atoms with Crippen LogP contribution < -0.4 is 10.6 Å². The predicted octanol–water partition coefficient (Wildman–Crippen LogP) is 1.89. The van der Waals surface area contributed by atoms with Gasteiger partial charge in [-0.2, -0.15) is 5.10 Å². The molecule has 0 aliphatic heterocycles. The van der Waals surface area contributed by atoms with Crippen molar-refractivity contribution in [2.75, 3.05) is 13.6 Å². The van der Waals surface area contributed by atoms with Crippen LogP contribution in [0.3, 0.4) is 0 Å². The summed E-state index contributed by atoms with van der Waals surface area (Å²) in [5, 5.41) is 10.5. The van der Waals surface area contributed by atoms with Gasteiger partial charge in [0.15, 0.2) is 0 Å². The van der Waals surface area contributed by atoms with E-state index in [1.807, 2.05) is 56.8 Å². The molecule has 1 aromatic carbocycles. The lowest BCUT2D eigenvalue weighted by atomic mass is 10.1. The van der Waals surface area contributed by atoms with Gasteiger partial charge in [0.25, 0.3) is 5.91 Å². The second-order valence-corrected chi connectivity index (χ2v) is 5.68. The Morgan fingerprint density at radius 2 is 2.09 bits per heavy atom. The summed E-state index contributed by atoms with van der Waals surface area (Å²) in [6.45, 7) is 7.33. The van der Waals surface area contributed by atoms with Gasteiger partial charge in [-0.25, -0.2) is 0 Å². The number of nitrogens with one attached hydrogen (secondary N) is 2. The third kappa shape index (κ3) is 4.18. The van der Waals surface area contributed by atoms with E-state index in [4.69, 9.17) is 0 Å². The molecule has 1 heterocycles. The van der Waals surface area contributed by atoms with Crippen molar-refractivity contribution in [3.05, 3.63) is 52.8 Å². The van der Waals surface area contributed by atoms with Crippen molar-refractivity contribution in [3.63, 3.8) is 0 Å². The summed E-state index contributed by atoms with van der Waals surface area (Å²) in [5.41, 5.74) is 3.88. The number of carbonyl (C=O) groups is 1. The highest BCUT2D eigenvalue weighted by Crippen LogP contribution is 2.10. The molecular weight excluding hydrogens is 276 g/mol. The first-order chi connectivity index (χ1) is 10.5. The van der Waals surface area contributed by atoms with Crippen LogP contribution >= 0.6 is 0 Å². The Kier molecular flexibility index (Phi) is 5.33. The normalized spacial score (nSPS) is 12.2. The average molecular weight is 300 g/mol. The fraction of sp³-hybridized carbons (Fsp3) is 0.412. The lowest BCUT2D eigenvalue weighted by Gasteiger charge is -2.12. The van der Waals surface area contributed by atoms with Gasteiger partial charge >= 0.3 is 0 Å². The van der Waals surface area contributed by atoms with Crippen molar-refractivity contribution in [3.8, 4) is 0 Å². The average Bonchev–Trinajstić information content (AvgIpc) is 2.82. The Morgan fingerprint density at radius 1 is 1.32 bits per heavy atom. The molecule has 1 atom stereocenters. The maximum Gasteiger partial charge on any atom is 0.251 e. The molecule has 0 aliphatic carbocycles. The van der Waals surface area contributed by atoms with Crippen molar-refractivity contribution in [1.82, 2.24) is 20.4 Å². The van der Waals surface area contributed by atoms with Gasteiger partial charge in [-0.1, -0.05) is 12.1 Å². The van der Waals surface area contributed by atoms with Crippen LogP contribution in [0.25, 0.3) is 0 Å². The summed E-state index contributed by atoms with van der Waals surface area (Å²) < 4.78 is 1.95. The number of carbonyl (C=O) groups excluding carboxylic acids is 1. The van der Waals surface area contributed by atoms with Crippen LogP contribution in [0.1, 0.15) is 34.2 Å². The van der Waals surface area contributed by atoms with Gasteiger partial charge in [0, 0.05) is 23.8 Å². The van der Waals surface area contributed by atoms with E-state index >= 15 is 0 Å². The molecule has 2 rings (SSSR count). The van der Waals surface area contributed by atoms with E-state index in [0.29, 0.717) is 18.7 Å². The van der Waals surface area contributed by atoms with Gasteiger partial charge in [0.2, 0.25) is 0 Å². The zero-order chi connectivity index (χ0) is 16.1. The Labute approximate surface area is 131 Å². The molecule has 118 valence electrons. The van der Waals surface area contributed by atoms with Crippen molar-refractivity contribution in [2.24, 2.45) is 0 Å². The summed E-state index contributed by atoms with van der Waals surface area (Å²) >= 11 is 0. The number of nitrogens with zero attached hydrogens (tertiary/aromatic N) is 2. The molecule has 1 unspecified atom stereocenters. The monoisotopic (exact) mass is 300 g/mol. The van der Waals surface area contributed by atoms with Crippen LogP contribution in [0, 0.1) is 13.8 Å². The van der Waals surface area contributed by atoms with Crippen molar-refractivity contribution in [1.29, 1.82) is 0 Å². The zero-order valence-electron chi connectivity index (χ0n) is 13.7. The van der Waals surface area contributed by atoms with Gasteiger partial charge < -0.3 is 10.6 Å². The van der Waals surface area contributed by atoms with E-state index in [0.717, 1.165) is 17.0 Å². The van der Waals surface area contributed by atoms with E-state index in [1.54, 1.807) is 0 Å². The predicted molar refractivity (Wildman–Crippen MR) is 88.1 cm³/mol. The highest BCUT2D eigenvalue weighted by molar-refractivity contribution is 5.94. The number of rotatable bonds is 6. The fourth-order valence-electron chi connectivity index (χ4n) is 2.27. The first kappa shape index (κ1) is 16.2. The lowest BCUT2D eigenvalue weighted by molar-refractivity contribution is 0.0950. The summed E-state index contributed by atoms with van der Waals surface area (Å²) in [5.74, 6) is -0.0442. The van der Waals surface area contributed by atoms with E-state index in [9.17, 15) is 4.79 Å². The van der Waals surface area contributed by atoms with E-state index in [1.165, 1.54) is 0 Å². The van der Waals surface area contributed by atoms with Crippen molar-refractivity contribution < 1.29 is 4.79 Å². The minimum absolute atomic E-state index is 0.0442. The quantitative estimate of drug-likeness (QED) is 0.856. The second kappa shape index (κ2) is 7.22. The van der Waals surface area contributed by atoms with Gasteiger partial charge in [-0.3, -0.25) is 9.48 Å². The Bertz CT molecular complexity index is 648. The third-order valence-electron chi connectivity index (χ3n) is 3.69. The molecule has 1 aromatic heterocycles. The summed E-state index contributed by atoms with van der Waals surface area (Å²) in [4.78, 5) is 12.2. The first-order valence-electron chi connectivity index (χ1n) is 7.55. The number of benzene rings is 1. The maximum absolute atomic E-state index is 12.2. The molecule has 0 bridgehead atoms. The van der Waals surface area contributed by atoms with Crippen LogP contribution in [0.4, 0.5) is 0 Å². The largest absolute Gasteiger partial charge is 0.350 e. The molecule has 0 saturated carbocycles. The number of hydrogen-bond acceptors (Lipinski definition) is 3. The number of aromatic nitrogens is 2. The van der Waals surface area contributed by atoms with Crippen molar-refractivity contribution >= 4 is 5.91 Å². The SMILES string of the molecule is CNC(C)CNC(=O)c1cccc(Cn2nc(C)cc2C)c1. The van der Waals surface area contributed by atoms with Gasteiger partial charge in [0.1, 0.15) is 0 Å².